The Kier molecular flexibility index (Phi) is 5.03. The summed E-state index contributed by atoms with van der Waals surface area (Å²) in [6.45, 7) is 8.46. The van der Waals surface area contributed by atoms with Crippen molar-refractivity contribution in [3.63, 3.8) is 0 Å². The Morgan fingerprint density at radius 2 is 1.57 bits per heavy atom. The molecule has 0 radical (unpaired) electrons. The molecule has 3 heteroatoms. The van der Waals surface area contributed by atoms with Gasteiger partial charge < -0.3 is 4.52 Å². The first-order valence-corrected chi connectivity index (χ1v) is 9.13. The van der Waals surface area contributed by atoms with Crippen LogP contribution in [-0.2, 0) is 15.3 Å². The lowest BCUT2D eigenvalue weighted by Crippen LogP contribution is -2.17. The standard InChI is InChI=1S/C18H23O2P/c1-5-20-21(19,13-17-9-7-6-8-10-17)18-15(3)11-14(2)12-16(18)4/h6-12H,5,13H2,1-4H3. The maximum Gasteiger partial charge on any atom is 0.236 e. The fraction of sp³-hybridized carbons (Fsp3) is 0.333. The molecule has 0 aromatic heterocycles. The van der Waals surface area contributed by atoms with E-state index in [-0.39, 0.29) is 0 Å². The van der Waals surface area contributed by atoms with Gasteiger partial charge in [-0.3, -0.25) is 4.57 Å². The molecule has 0 amide bonds. The lowest BCUT2D eigenvalue weighted by molar-refractivity contribution is 0.339. The third-order valence-electron chi connectivity index (χ3n) is 3.55. The van der Waals surface area contributed by atoms with Crippen LogP contribution in [0.1, 0.15) is 29.2 Å². The summed E-state index contributed by atoms with van der Waals surface area (Å²) in [6, 6.07) is 14.1. The quantitative estimate of drug-likeness (QED) is 0.745. The molecule has 1 atom stereocenters. The first kappa shape index (κ1) is 16.0. The second kappa shape index (κ2) is 6.60. The van der Waals surface area contributed by atoms with Crippen LogP contribution in [0.5, 0.6) is 0 Å². The fourth-order valence-corrected chi connectivity index (χ4v) is 5.62. The van der Waals surface area contributed by atoms with E-state index >= 15 is 0 Å². The fourth-order valence-electron chi connectivity index (χ4n) is 2.93. The van der Waals surface area contributed by atoms with Gasteiger partial charge in [-0.05, 0) is 44.4 Å². The third kappa shape index (κ3) is 3.64. The van der Waals surface area contributed by atoms with E-state index in [1.807, 2.05) is 51.1 Å². The molecule has 2 aromatic carbocycles. The van der Waals surface area contributed by atoms with Gasteiger partial charge in [0.1, 0.15) is 0 Å². The van der Waals surface area contributed by atoms with Gasteiger partial charge in [0.15, 0.2) is 0 Å². The molecule has 0 aliphatic carbocycles. The molecule has 0 heterocycles. The molecular formula is C18H23O2P. The molecule has 0 spiro atoms. The average molecular weight is 302 g/mol. The normalized spacial score (nSPS) is 13.9. The monoisotopic (exact) mass is 302 g/mol. The second-order valence-corrected chi connectivity index (χ2v) is 7.85. The zero-order valence-corrected chi connectivity index (χ0v) is 14.1. The molecule has 2 aromatic rings. The highest BCUT2D eigenvalue weighted by atomic mass is 31.2. The van der Waals surface area contributed by atoms with Crippen LogP contribution in [0.3, 0.4) is 0 Å². The molecule has 2 rings (SSSR count). The van der Waals surface area contributed by atoms with Gasteiger partial charge in [-0.2, -0.15) is 0 Å². The molecule has 21 heavy (non-hydrogen) atoms. The molecular weight excluding hydrogens is 279 g/mol. The SMILES string of the molecule is CCOP(=O)(Cc1ccccc1)c1c(C)cc(C)cc1C. The largest absolute Gasteiger partial charge is 0.325 e. The van der Waals surface area contributed by atoms with Crippen LogP contribution < -0.4 is 5.30 Å². The summed E-state index contributed by atoms with van der Waals surface area (Å²) in [7, 11) is -2.89. The van der Waals surface area contributed by atoms with E-state index in [2.05, 4.69) is 19.1 Å². The van der Waals surface area contributed by atoms with Crippen molar-refractivity contribution in [3.8, 4) is 0 Å². The van der Waals surface area contributed by atoms with E-state index in [0.717, 1.165) is 22.0 Å². The van der Waals surface area contributed by atoms with Gasteiger partial charge in [0.25, 0.3) is 0 Å². The number of rotatable bonds is 5. The van der Waals surface area contributed by atoms with Crippen LogP contribution in [0.2, 0.25) is 0 Å². The molecule has 0 saturated carbocycles. The van der Waals surface area contributed by atoms with E-state index < -0.39 is 7.37 Å². The van der Waals surface area contributed by atoms with E-state index in [1.165, 1.54) is 5.56 Å². The summed E-state index contributed by atoms with van der Waals surface area (Å²) in [4.78, 5) is 0. The van der Waals surface area contributed by atoms with Gasteiger partial charge in [0.05, 0.1) is 12.8 Å². The predicted molar refractivity (Wildman–Crippen MR) is 89.7 cm³/mol. The molecule has 0 aliphatic heterocycles. The second-order valence-electron chi connectivity index (χ2n) is 5.48. The maximum atomic E-state index is 13.5. The lowest BCUT2D eigenvalue weighted by atomic mass is 10.1. The summed E-state index contributed by atoms with van der Waals surface area (Å²) >= 11 is 0. The Morgan fingerprint density at radius 3 is 2.10 bits per heavy atom. The Bertz CT molecular complexity index is 639. The average Bonchev–Trinajstić information content (AvgIpc) is 2.38. The van der Waals surface area contributed by atoms with Crippen LogP contribution >= 0.6 is 7.37 Å². The van der Waals surface area contributed by atoms with Crippen molar-refractivity contribution in [2.75, 3.05) is 6.61 Å². The smallest absolute Gasteiger partial charge is 0.236 e. The van der Waals surface area contributed by atoms with Crippen molar-refractivity contribution in [2.24, 2.45) is 0 Å². The minimum Gasteiger partial charge on any atom is -0.325 e. The van der Waals surface area contributed by atoms with Crippen molar-refractivity contribution < 1.29 is 9.09 Å². The van der Waals surface area contributed by atoms with E-state index in [9.17, 15) is 4.57 Å². The van der Waals surface area contributed by atoms with Gasteiger partial charge >= 0.3 is 0 Å². The Balaban J connectivity index is 2.50. The van der Waals surface area contributed by atoms with E-state index in [0.29, 0.717) is 12.8 Å². The zero-order chi connectivity index (χ0) is 15.5. The predicted octanol–water partition coefficient (Wildman–Crippen LogP) is 4.75. The highest BCUT2D eigenvalue weighted by Gasteiger charge is 2.29. The van der Waals surface area contributed by atoms with E-state index in [1.54, 1.807) is 0 Å². The molecule has 0 aliphatic rings. The highest BCUT2D eigenvalue weighted by Crippen LogP contribution is 2.50. The molecule has 112 valence electrons. The summed E-state index contributed by atoms with van der Waals surface area (Å²) in [6.07, 6.45) is 0.451. The molecule has 1 unspecified atom stereocenters. The molecule has 0 saturated heterocycles. The van der Waals surface area contributed by atoms with Crippen molar-refractivity contribution >= 4 is 12.7 Å². The summed E-state index contributed by atoms with van der Waals surface area (Å²) in [5.74, 6) is 0. The Labute approximate surface area is 127 Å². The summed E-state index contributed by atoms with van der Waals surface area (Å²) < 4.78 is 19.3. The number of hydrogen-bond acceptors (Lipinski definition) is 2. The van der Waals surface area contributed by atoms with Crippen LogP contribution in [0, 0.1) is 20.8 Å². The summed E-state index contributed by atoms with van der Waals surface area (Å²) in [5, 5.41) is 0.888. The van der Waals surface area contributed by atoms with Crippen LogP contribution in [0.15, 0.2) is 42.5 Å². The first-order valence-electron chi connectivity index (χ1n) is 7.32. The number of benzene rings is 2. The minimum atomic E-state index is -2.89. The van der Waals surface area contributed by atoms with Crippen molar-refractivity contribution in [3.05, 3.63) is 64.7 Å². The van der Waals surface area contributed by atoms with Crippen LogP contribution in [0.4, 0.5) is 0 Å². The Hall–Kier alpha value is -1.37. The third-order valence-corrected chi connectivity index (χ3v) is 6.39. The lowest BCUT2D eigenvalue weighted by Gasteiger charge is -2.22. The van der Waals surface area contributed by atoms with E-state index in [4.69, 9.17) is 4.52 Å². The molecule has 2 nitrogen and oxygen atoms in total. The molecule has 0 N–H and O–H groups in total. The van der Waals surface area contributed by atoms with Gasteiger partial charge in [-0.1, -0.05) is 48.0 Å². The van der Waals surface area contributed by atoms with Gasteiger partial charge in [-0.25, -0.2) is 0 Å². The van der Waals surface area contributed by atoms with Crippen molar-refractivity contribution in [1.82, 2.24) is 0 Å². The van der Waals surface area contributed by atoms with Crippen LogP contribution in [0.25, 0.3) is 0 Å². The molecule has 0 bridgehead atoms. The number of aryl methyl sites for hydroxylation is 3. The zero-order valence-electron chi connectivity index (χ0n) is 13.2. The maximum absolute atomic E-state index is 13.5. The molecule has 0 fully saturated rings. The van der Waals surface area contributed by atoms with Gasteiger partial charge in [0, 0.05) is 5.30 Å². The van der Waals surface area contributed by atoms with Crippen molar-refractivity contribution in [1.29, 1.82) is 0 Å². The summed E-state index contributed by atoms with van der Waals surface area (Å²) in [5.41, 5.74) is 4.35. The number of hydrogen-bond donors (Lipinski definition) is 0. The first-order chi connectivity index (χ1) is 9.96. The highest BCUT2D eigenvalue weighted by molar-refractivity contribution is 7.66. The van der Waals surface area contributed by atoms with Crippen LogP contribution in [-0.4, -0.2) is 6.61 Å². The van der Waals surface area contributed by atoms with Gasteiger partial charge in [-0.15, -0.1) is 0 Å². The van der Waals surface area contributed by atoms with Crippen molar-refractivity contribution in [2.45, 2.75) is 33.9 Å². The minimum absolute atomic E-state index is 0.451. The topological polar surface area (TPSA) is 26.3 Å². The Morgan fingerprint density at radius 1 is 1.00 bits per heavy atom. The van der Waals surface area contributed by atoms with Gasteiger partial charge in [0.2, 0.25) is 7.37 Å².